The molecule has 180 valence electrons. The van der Waals surface area contributed by atoms with Gasteiger partial charge in [-0.25, -0.2) is 4.79 Å². The molecule has 0 saturated carbocycles. The molecule has 3 N–H and O–H groups in total. The highest BCUT2D eigenvalue weighted by Gasteiger charge is 2.35. The molecule has 0 unspecified atom stereocenters. The van der Waals surface area contributed by atoms with Crippen LogP contribution in [0.5, 0.6) is 0 Å². The fourth-order valence-corrected chi connectivity index (χ4v) is 4.98. The Labute approximate surface area is 203 Å². The van der Waals surface area contributed by atoms with Gasteiger partial charge >= 0.3 is 13.1 Å². The maximum Gasteiger partial charge on any atom is 0.488 e. The van der Waals surface area contributed by atoms with Gasteiger partial charge in [0.25, 0.3) is 0 Å². The summed E-state index contributed by atoms with van der Waals surface area (Å²) in [5.41, 5.74) is 5.16. The van der Waals surface area contributed by atoms with E-state index in [0.717, 1.165) is 28.6 Å². The first-order valence-corrected chi connectivity index (χ1v) is 11.7. The second kappa shape index (κ2) is 8.90. The molecule has 0 amide bonds. The topological polar surface area (TPSA) is 112 Å². The standard InChI is InChI=1S/C26H27BN2O6/c1-14-10-19(16(3)28-22-7-5-4-6-18(22)26(31)32)24-20(11-14)23(30)15(2)25(35-24)29-9-8-17-13-34-27(33)21(17)12-29/h4-7,10-11,16,28,33H,8-9,12-13H2,1-3H3,(H,31,32)/t16-/m1/s1. The van der Waals surface area contributed by atoms with Gasteiger partial charge in [0, 0.05) is 24.3 Å². The number of rotatable bonds is 5. The number of anilines is 2. The number of nitrogens with zero attached hydrogens (tertiary/aromatic N) is 1. The Hall–Kier alpha value is -3.56. The van der Waals surface area contributed by atoms with Crippen molar-refractivity contribution in [2.75, 3.05) is 29.9 Å². The summed E-state index contributed by atoms with van der Waals surface area (Å²) >= 11 is 0. The molecule has 0 spiro atoms. The number of nitrogens with one attached hydrogen (secondary N) is 1. The van der Waals surface area contributed by atoms with Crippen molar-refractivity contribution in [3.05, 3.63) is 79.9 Å². The average molecular weight is 474 g/mol. The van der Waals surface area contributed by atoms with Crippen LogP contribution in [0.3, 0.4) is 0 Å². The summed E-state index contributed by atoms with van der Waals surface area (Å²) in [6.07, 6.45) is 0.734. The summed E-state index contributed by atoms with van der Waals surface area (Å²) in [6.45, 7) is 7.13. The van der Waals surface area contributed by atoms with Crippen LogP contribution >= 0.6 is 0 Å². The lowest BCUT2D eigenvalue weighted by Gasteiger charge is -2.30. The van der Waals surface area contributed by atoms with Crippen molar-refractivity contribution in [2.45, 2.75) is 33.2 Å². The second-order valence-electron chi connectivity index (χ2n) is 9.27. The zero-order valence-corrected chi connectivity index (χ0v) is 19.9. The molecule has 2 aliphatic heterocycles. The summed E-state index contributed by atoms with van der Waals surface area (Å²) in [6, 6.07) is 10.2. The van der Waals surface area contributed by atoms with E-state index in [9.17, 15) is 19.7 Å². The predicted molar refractivity (Wildman–Crippen MR) is 135 cm³/mol. The largest absolute Gasteiger partial charge is 0.488 e. The number of hydrogen-bond acceptors (Lipinski definition) is 7. The van der Waals surface area contributed by atoms with Crippen LogP contribution in [0.25, 0.3) is 11.0 Å². The fourth-order valence-electron chi connectivity index (χ4n) is 4.98. The molecule has 2 aromatic carbocycles. The number of carbonyl (C=O) groups is 1. The summed E-state index contributed by atoms with van der Waals surface area (Å²) < 4.78 is 11.8. The minimum absolute atomic E-state index is 0.104. The third kappa shape index (κ3) is 4.11. The molecule has 3 aromatic rings. The van der Waals surface area contributed by atoms with Gasteiger partial charge in [-0.2, -0.15) is 0 Å². The molecule has 35 heavy (non-hydrogen) atoms. The van der Waals surface area contributed by atoms with Crippen LogP contribution in [0.15, 0.2) is 56.7 Å². The molecule has 0 fully saturated rings. The third-order valence-electron chi connectivity index (χ3n) is 6.86. The highest BCUT2D eigenvalue weighted by Crippen LogP contribution is 2.34. The quantitative estimate of drug-likeness (QED) is 0.479. The molecule has 0 bridgehead atoms. The minimum Gasteiger partial charge on any atom is -0.478 e. The van der Waals surface area contributed by atoms with Crippen molar-refractivity contribution in [3.8, 4) is 0 Å². The maximum atomic E-state index is 13.4. The van der Waals surface area contributed by atoms with Crippen molar-refractivity contribution in [3.63, 3.8) is 0 Å². The van der Waals surface area contributed by atoms with E-state index in [4.69, 9.17) is 9.07 Å². The van der Waals surface area contributed by atoms with Gasteiger partial charge in [0.15, 0.2) is 5.43 Å². The van der Waals surface area contributed by atoms with Gasteiger partial charge in [0.2, 0.25) is 5.88 Å². The lowest BCUT2D eigenvalue weighted by atomic mass is 9.76. The number of carboxylic acid groups (broad SMARTS) is 1. The normalized spacial score (nSPS) is 16.6. The van der Waals surface area contributed by atoms with E-state index in [1.807, 2.05) is 30.9 Å². The Morgan fingerprint density at radius 2 is 2.00 bits per heavy atom. The highest BCUT2D eigenvalue weighted by molar-refractivity contribution is 6.53. The third-order valence-corrected chi connectivity index (χ3v) is 6.86. The Morgan fingerprint density at radius 1 is 1.23 bits per heavy atom. The summed E-state index contributed by atoms with van der Waals surface area (Å²) in [5.74, 6) is -0.535. The molecule has 1 aromatic heterocycles. The van der Waals surface area contributed by atoms with Gasteiger partial charge < -0.3 is 29.4 Å². The van der Waals surface area contributed by atoms with Crippen LogP contribution < -0.4 is 15.6 Å². The zero-order chi connectivity index (χ0) is 24.9. The van der Waals surface area contributed by atoms with Gasteiger partial charge in [-0.3, -0.25) is 4.79 Å². The molecule has 0 saturated heterocycles. The van der Waals surface area contributed by atoms with Crippen LogP contribution in [0.2, 0.25) is 0 Å². The van der Waals surface area contributed by atoms with E-state index >= 15 is 0 Å². The summed E-state index contributed by atoms with van der Waals surface area (Å²) in [7, 11) is -0.919. The van der Waals surface area contributed by atoms with Crippen molar-refractivity contribution >= 4 is 35.6 Å². The Bertz CT molecular complexity index is 1430. The van der Waals surface area contributed by atoms with Crippen LogP contribution in [0.4, 0.5) is 11.6 Å². The number of para-hydroxylation sites is 1. The van der Waals surface area contributed by atoms with Crippen molar-refractivity contribution in [2.24, 2.45) is 0 Å². The monoisotopic (exact) mass is 474 g/mol. The number of fused-ring (bicyclic) bond motifs is 1. The van der Waals surface area contributed by atoms with E-state index in [-0.39, 0.29) is 17.0 Å². The highest BCUT2D eigenvalue weighted by atomic mass is 16.5. The number of aromatic carboxylic acids is 1. The van der Waals surface area contributed by atoms with Gasteiger partial charge in [0.1, 0.15) is 5.58 Å². The molecular formula is C26H27BN2O6. The van der Waals surface area contributed by atoms with Crippen LogP contribution in [-0.2, 0) is 4.65 Å². The summed E-state index contributed by atoms with van der Waals surface area (Å²) in [5, 5.41) is 23.5. The van der Waals surface area contributed by atoms with Crippen LogP contribution in [0, 0.1) is 13.8 Å². The second-order valence-corrected chi connectivity index (χ2v) is 9.27. The molecule has 2 aliphatic rings. The van der Waals surface area contributed by atoms with Crippen molar-refractivity contribution in [1.82, 2.24) is 0 Å². The number of benzene rings is 2. The van der Waals surface area contributed by atoms with Gasteiger partial charge in [-0.15, -0.1) is 0 Å². The Balaban J connectivity index is 1.58. The van der Waals surface area contributed by atoms with Gasteiger partial charge in [-0.1, -0.05) is 18.2 Å². The Kier molecular flexibility index (Phi) is 5.90. The minimum atomic E-state index is -1.02. The number of carboxylic acids is 1. The lowest BCUT2D eigenvalue weighted by molar-refractivity contribution is 0.0698. The van der Waals surface area contributed by atoms with Crippen LogP contribution in [-0.4, -0.2) is 42.9 Å². The molecule has 0 aliphatic carbocycles. The fraction of sp³-hybridized carbons (Fsp3) is 0.308. The van der Waals surface area contributed by atoms with Crippen LogP contribution in [0.1, 0.15) is 46.4 Å². The molecule has 8 nitrogen and oxygen atoms in total. The lowest BCUT2D eigenvalue weighted by Crippen LogP contribution is -2.36. The number of hydrogen-bond donors (Lipinski definition) is 3. The molecule has 9 heteroatoms. The van der Waals surface area contributed by atoms with E-state index in [2.05, 4.69) is 5.32 Å². The first kappa shape index (κ1) is 23.2. The Morgan fingerprint density at radius 3 is 2.77 bits per heavy atom. The predicted octanol–water partition coefficient (Wildman–Crippen LogP) is 3.84. The first-order chi connectivity index (χ1) is 16.7. The molecular weight excluding hydrogens is 447 g/mol. The zero-order valence-electron chi connectivity index (χ0n) is 19.9. The van der Waals surface area contributed by atoms with Crippen molar-refractivity contribution in [1.29, 1.82) is 0 Å². The van der Waals surface area contributed by atoms with Gasteiger partial charge in [0.05, 0.1) is 29.2 Å². The molecule has 5 rings (SSSR count). The molecule has 3 heterocycles. The molecule has 1 atom stereocenters. The summed E-state index contributed by atoms with van der Waals surface area (Å²) in [4.78, 5) is 27.1. The molecule has 0 radical (unpaired) electrons. The van der Waals surface area contributed by atoms with Gasteiger partial charge in [-0.05, 0) is 62.0 Å². The average Bonchev–Trinajstić information content (AvgIpc) is 3.21. The SMILES string of the molecule is Cc1cc([C@@H](C)Nc2ccccc2C(=O)O)c2oc(N3CCC4=C(C3)B(O)OC4)c(C)c(=O)c2c1. The van der Waals surface area contributed by atoms with Crippen molar-refractivity contribution < 1.29 is 24.0 Å². The van der Waals surface area contributed by atoms with E-state index in [1.165, 1.54) is 0 Å². The van der Waals surface area contributed by atoms with E-state index < -0.39 is 13.1 Å². The smallest absolute Gasteiger partial charge is 0.478 e. The van der Waals surface area contributed by atoms with E-state index in [1.54, 1.807) is 31.2 Å². The maximum absolute atomic E-state index is 13.4. The first-order valence-electron chi connectivity index (χ1n) is 11.7. The number of aryl methyl sites for hydroxylation is 1. The van der Waals surface area contributed by atoms with E-state index in [0.29, 0.717) is 47.8 Å².